The summed E-state index contributed by atoms with van der Waals surface area (Å²) >= 11 is 0. The van der Waals surface area contributed by atoms with Gasteiger partial charge in [-0.3, -0.25) is 4.57 Å². The molecule has 0 atom stereocenters. The highest BCUT2D eigenvalue weighted by molar-refractivity contribution is 6.12. The van der Waals surface area contributed by atoms with Gasteiger partial charge >= 0.3 is 0 Å². The lowest BCUT2D eigenvalue weighted by Gasteiger charge is -2.10. The average molecular weight is 733 g/mol. The second-order valence-electron chi connectivity index (χ2n) is 14.1. The van der Waals surface area contributed by atoms with Crippen LogP contribution in [0.1, 0.15) is 0 Å². The third-order valence-corrected chi connectivity index (χ3v) is 10.7. The standard InChI is InChI=1S/C49H28N6O2/c1-3-14-29(15-4-1)42-45-43(36-20-9-12-25-40(36)56-45)51-48(50-42)37-22-13-21-35-34-27-26-31(28-41(34)57-44(35)37)47-52-46(30-16-5-2-6-17-30)53-49(54-47)55-38-23-10-7-18-32(38)33-19-8-11-24-39(33)55/h1-28H. The maximum Gasteiger partial charge on any atom is 0.238 e. The monoisotopic (exact) mass is 732 g/mol. The summed E-state index contributed by atoms with van der Waals surface area (Å²) in [4.78, 5) is 25.6. The molecule has 0 aliphatic carbocycles. The van der Waals surface area contributed by atoms with Crippen molar-refractivity contribution in [1.82, 2.24) is 29.5 Å². The molecule has 0 bridgehead atoms. The largest absolute Gasteiger partial charge is 0.455 e. The lowest BCUT2D eigenvalue weighted by molar-refractivity contribution is 0.666. The number of rotatable bonds is 5. The van der Waals surface area contributed by atoms with Crippen LogP contribution in [0.25, 0.3) is 117 Å². The van der Waals surface area contributed by atoms with Gasteiger partial charge in [-0.15, -0.1) is 0 Å². The molecule has 5 heterocycles. The fraction of sp³-hybridized carbons (Fsp3) is 0. The van der Waals surface area contributed by atoms with Crippen LogP contribution < -0.4 is 0 Å². The van der Waals surface area contributed by atoms with Crippen LogP contribution >= 0.6 is 0 Å². The van der Waals surface area contributed by atoms with Crippen LogP contribution in [0, 0.1) is 0 Å². The third kappa shape index (κ3) is 4.91. The molecule has 57 heavy (non-hydrogen) atoms. The summed E-state index contributed by atoms with van der Waals surface area (Å²) < 4.78 is 15.3. The molecule has 8 heteroatoms. The molecule has 266 valence electrons. The van der Waals surface area contributed by atoms with Gasteiger partial charge in [-0.2, -0.15) is 9.97 Å². The first kappa shape index (κ1) is 31.4. The third-order valence-electron chi connectivity index (χ3n) is 10.7. The minimum atomic E-state index is 0.538. The fourth-order valence-corrected chi connectivity index (χ4v) is 8.06. The molecule has 7 aromatic carbocycles. The van der Waals surface area contributed by atoms with Crippen LogP contribution in [-0.4, -0.2) is 29.5 Å². The SMILES string of the molecule is c1ccc(-c2nc(-c3ccc4c(c3)oc3c(-c5nc(-c6ccccc6)c6oc7ccccc7c6n5)cccc34)nc(-n3c4ccccc4c4ccccc43)n2)cc1. The van der Waals surface area contributed by atoms with Gasteiger partial charge in [0, 0.05) is 43.6 Å². The highest BCUT2D eigenvalue weighted by Gasteiger charge is 2.22. The molecule has 12 rings (SSSR count). The van der Waals surface area contributed by atoms with Crippen LogP contribution in [-0.2, 0) is 0 Å². The van der Waals surface area contributed by atoms with Gasteiger partial charge in [-0.1, -0.05) is 127 Å². The Morgan fingerprint density at radius 1 is 0.368 bits per heavy atom. The summed E-state index contributed by atoms with van der Waals surface area (Å²) in [6, 6.07) is 57.1. The Bertz CT molecular complexity index is 3480. The average Bonchev–Trinajstić information content (AvgIpc) is 3.96. The van der Waals surface area contributed by atoms with Gasteiger partial charge in [0.1, 0.15) is 28.0 Å². The summed E-state index contributed by atoms with van der Waals surface area (Å²) in [6.45, 7) is 0. The quantitative estimate of drug-likeness (QED) is 0.174. The van der Waals surface area contributed by atoms with E-state index in [4.69, 9.17) is 33.8 Å². The second-order valence-corrected chi connectivity index (χ2v) is 14.1. The number of para-hydroxylation sites is 4. The summed E-state index contributed by atoms with van der Waals surface area (Å²) in [7, 11) is 0. The predicted octanol–water partition coefficient (Wildman–Crippen LogP) is 12.2. The Kier molecular flexibility index (Phi) is 6.76. The molecule has 12 aromatic rings. The zero-order chi connectivity index (χ0) is 37.5. The topological polar surface area (TPSA) is 95.7 Å². The molecule has 0 N–H and O–H groups in total. The number of hydrogen-bond acceptors (Lipinski definition) is 7. The maximum atomic E-state index is 6.78. The van der Waals surface area contributed by atoms with E-state index in [1.807, 2.05) is 115 Å². The summed E-state index contributed by atoms with van der Waals surface area (Å²) in [5.74, 6) is 2.21. The number of fused-ring (bicyclic) bond motifs is 9. The first-order chi connectivity index (χ1) is 28.2. The van der Waals surface area contributed by atoms with Crippen molar-refractivity contribution in [3.05, 3.63) is 170 Å². The number of nitrogens with zero attached hydrogens (tertiary/aromatic N) is 6. The summed E-state index contributed by atoms with van der Waals surface area (Å²) in [5, 5.41) is 5.13. The first-order valence-electron chi connectivity index (χ1n) is 18.8. The molecule has 0 saturated heterocycles. The van der Waals surface area contributed by atoms with E-state index >= 15 is 0 Å². The number of benzene rings is 7. The first-order valence-corrected chi connectivity index (χ1v) is 18.8. The van der Waals surface area contributed by atoms with Crippen molar-refractivity contribution in [2.24, 2.45) is 0 Å². The summed E-state index contributed by atoms with van der Waals surface area (Å²) in [5.41, 5.74) is 9.78. The van der Waals surface area contributed by atoms with E-state index in [2.05, 4.69) is 59.2 Å². The zero-order valence-corrected chi connectivity index (χ0v) is 30.2. The van der Waals surface area contributed by atoms with Crippen molar-refractivity contribution in [2.45, 2.75) is 0 Å². The molecule has 5 aromatic heterocycles. The zero-order valence-electron chi connectivity index (χ0n) is 30.2. The molecule has 0 amide bonds. The molecule has 0 spiro atoms. The number of hydrogen-bond donors (Lipinski definition) is 0. The lowest BCUT2D eigenvalue weighted by atomic mass is 10.1. The van der Waals surface area contributed by atoms with Gasteiger partial charge in [-0.25, -0.2) is 15.0 Å². The van der Waals surface area contributed by atoms with Crippen molar-refractivity contribution < 1.29 is 8.83 Å². The molecule has 0 aliphatic heterocycles. The highest BCUT2D eigenvalue weighted by Crippen LogP contribution is 2.40. The summed E-state index contributed by atoms with van der Waals surface area (Å²) in [6.07, 6.45) is 0. The van der Waals surface area contributed by atoms with E-state index in [-0.39, 0.29) is 0 Å². The van der Waals surface area contributed by atoms with Crippen molar-refractivity contribution in [3.63, 3.8) is 0 Å². The highest BCUT2D eigenvalue weighted by atomic mass is 16.3. The minimum absolute atomic E-state index is 0.538. The van der Waals surface area contributed by atoms with E-state index in [0.29, 0.717) is 40.2 Å². The maximum absolute atomic E-state index is 6.78. The van der Waals surface area contributed by atoms with E-state index < -0.39 is 0 Å². The van der Waals surface area contributed by atoms with Crippen LogP contribution in [0.3, 0.4) is 0 Å². The van der Waals surface area contributed by atoms with Crippen LogP contribution in [0.2, 0.25) is 0 Å². The molecular formula is C49H28N6O2. The number of aromatic nitrogens is 6. The van der Waals surface area contributed by atoms with Crippen LogP contribution in [0.15, 0.2) is 179 Å². The van der Waals surface area contributed by atoms with Crippen molar-refractivity contribution >= 4 is 65.8 Å². The van der Waals surface area contributed by atoms with Gasteiger partial charge in [0.25, 0.3) is 0 Å². The normalized spacial score (nSPS) is 11.9. The Balaban J connectivity index is 1.05. The fourth-order valence-electron chi connectivity index (χ4n) is 8.06. The molecule has 0 fully saturated rings. The lowest BCUT2D eigenvalue weighted by Crippen LogP contribution is -2.06. The van der Waals surface area contributed by atoms with E-state index in [9.17, 15) is 0 Å². The van der Waals surface area contributed by atoms with Crippen molar-refractivity contribution in [3.8, 4) is 51.4 Å². The minimum Gasteiger partial charge on any atom is -0.455 e. The number of furan rings is 2. The Labute approximate surface area is 324 Å². The predicted molar refractivity (Wildman–Crippen MR) is 226 cm³/mol. The molecule has 0 unspecified atom stereocenters. The van der Waals surface area contributed by atoms with Crippen molar-refractivity contribution in [1.29, 1.82) is 0 Å². The van der Waals surface area contributed by atoms with Gasteiger partial charge in [0.15, 0.2) is 23.1 Å². The van der Waals surface area contributed by atoms with Gasteiger partial charge < -0.3 is 8.83 Å². The van der Waals surface area contributed by atoms with Gasteiger partial charge in [0.05, 0.1) is 16.6 Å². The molecule has 0 saturated carbocycles. The molecule has 0 aliphatic rings. The van der Waals surface area contributed by atoms with Crippen LogP contribution in [0.5, 0.6) is 0 Å². The van der Waals surface area contributed by atoms with E-state index in [1.165, 1.54) is 0 Å². The Morgan fingerprint density at radius 3 is 1.74 bits per heavy atom. The molecule has 0 radical (unpaired) electrons. The smallest absolute Gasteiger partial charge is 0.238 e. The second kappa shape index (κ2) is 12.3. The Hall–Kier alpha value is -7.97. The molecular weight excluding hydrogens is 705 g/mol. The van der Waals surface area contributed by atoms with E-state index in [1.54, 1.807) is 0 Å². The Morgan fingerprint density at radius 2 is 0.982 bits per heavy atom. The van der Waals surface area contributed by atoms with Crippen molar-refractivity contribution in [2.75, 3.05) is 0 Å². The van der Waals surface area contributed by atoms with Gasteiger partial charge in [0.2, 0.25) is 5.95 Å². The van der Waals surface area contributed by atoms with Gasteiger partial charge in [-0.05, 0) is 42.5 Å². The van der Waals surface area contributed by atoms with E-state index in [0.717, 1.165) is 77.0 Å². The molecule has 8 nitrogen and oxygen atoms in total. The van der Waals surface area contributed by atoms with Crippen LogP contribution in [0.4, 0.5) is 0 Å².